The van der Waals surface area contributed by atoms with Crippen molar-refractivity contribution >= 4 is 23.6 Å². The van der Waals surface area contributed by atoms with Crippen LogP contribution in [0.2, 0.25) is 0 Å². The number of para-hydroxylation sites is 1. The first kappa shape index (κ1) is 18.9. The van der Waals surface area contributed by atoms with Gasteiger partial charge in [-0.1, -0.05) is 18.2 Å². The summed E-state index contributed by atoms with van der Waals surface area (Å²) in [7, 11) is 0. The van der Waals surface area contributed by atoms with Crippen LogP contribution in [0.3, 0.4) is 0 Å². The summed E-state index contributed by atoms with van der Waals surface area (Å²) in [6.45, 7) is 0.156. The van der Waals surface area contributed by atoms with Gasteiger partial charge in [0.15, 0.2) is 6.61 Å². The highest BCUT2D eigenvalue weighted by Crippen LogP contribution is 2.08. The van der Waals surface area contributed by atoms with Gasteiger partial charge in [-0.2, -0.15) is 11.8 Å². The van der Waals surface area contributed by atoms with E-state index >= 15 is 0 Å². The highest BCUT2D eigenvalue weighted by molar-refractivity contribution is 7.98. The van der Waals surface area contributed by atoms with Crippen molar-refractivity contribution in [1.82, 2.24) is 10.6 Å². The maximum atomic E-state index is 12.3. The normalized spacial score (nSPS) is 11.6. The molecule has 0 bridgehead atoms. The van der Waals surface area contributed by atoms with Crippen LogP contribution in [0.4, 0.5) is 0 Å². The van der Waals surface area contributed by atoms with Gasteiger partial charge in [-0.15, -0.1) is 0 Å². The van der Waals surface area contributed by atoms with Crippen LogP contribution in [-0.2, 0) is 16.1 Å². The lowest BCUT2D eigenvalue weighted by atomic mass is 10.2. The average Bonchev–Trinajstić information content (AvgIpc) is 3.16. The van der Waals surface area contributed by atoms with Crippen molar-refractivity contribution < 1.29 is 18.7 Å². The maximum absolute atomic E-state index is 12.3. The van der Waals surface area contributed by atoms with Crippen molar-refractivity contribution in [3.05, 3.63) is 54.5 Å². The number of carbonyl (C=O) groups excluding carboxylic acids is 2. The minimum Gasteiger partial charge on any atom is -0.484 e. The molecule has 2 aromatic rings. The van der Waals surface area contributed by atoms with Crippen LogP contribution in [0, 0.1) is 0 Å². The number of benzene rings is 1. The van der Waals surface area contributed by atoms with E-state index in [1.807, 2.05) is 24.5 Å². The zero-order valence-electron chi connectivity index (χ0n) is 14.1. The molecule has 1 aromatic carbocycles. The molecule has 6 nitrogen and oxygen atoms in total. The number of rotatable bonds is 10. The van der Waals surface area contributed by atoms with E-state index in [0.717, 1.165) is 5.75 Å². The fourth-order valence-corrected chi connectivity index (χ4v) is 2.59. The van der Waals surface area contributed by atoms with Gasteiger partial charge in [0.05, 0.1) is 12.8 Å². The molecule has 134 valence electrons. The van der Waals surface area contributed by atoms with Gasteiger partial charge in [0.25, 0.3) is 5.91 Å². The number of furan rings is 1. The SMILES string of the molecule is CSCCC(NC(=O)COc1ccccc1)C(=O)NCc1ccco1. The lowest BCUT2D eigenvalue weighted by Crippen LogP contribution is -2.48. The molecule has 0 spiro atoms. The summed E-state index contributed by atoms with van der Waals surface area (Å²) in [5.41, 5.74) is 0. The molecule has 25 heavy (non-hydrogen) atoms. The Morgan fingerprint density at radius 3 is 2.68 bits per heavy atom. The Balaban J connectivity index is 1.82. The quantitative estimate of drug-likeness (QED) is 0.677. The standard InChI is InChI=1S/C18H22N2O4S/c1-25-11-9-16(18(22)19-12-15-8-5-10-23-15)20-17(21)13-24-14-6-3-2-4-7-14/h2-8,10,16H,9,11-13H2,1H3,(H,19,22)(H,20,21). The van der Waals surface area contributed by atoms with E-state index in [9.17, 15) is 9.59 Å². The van der Waals surface area contributed by atoms with Crippen LogP contribution in [0.15, 0.2) is 53.1 Å². The van der Waals surface area contributed by atoms with E-state index in [0.29, 0.717) is 17.9 Å². The van der Waals surface area contributed by atoms with E-state index in [2.05, 4.69) is 10.6 Å². The topological polar surface area (TPSA) is 80.6 Å². The number of hydrogen-bond acceptors (Lipinski definition) is 5. The molecule has 7 heteroatoms. The molecule has 0 aliphatic carbocycles. The van der Waals surface area contributed by atoms with Gasteiger partial charge in [-0.25, -0.2) is 0 Å². The van der Waals surface area contributed by atoms with Gasteiger partial charge in [0.2, 0.25) is 5.91 Å². The molecule has 1 heterocycles. The first-order valence-electron chi connectivity index (χ1n) is 7.95. The zero-order chi connectivity index (χ0) is 17.9. The molecule has 1 unspecified atom stereocenters. The Labute approximate surface area is 151 Å². The first-order chi connectivity index (χ1) is 12.2. The number of thioether (sulfide) groups is 1. The van der Waals surface area contributed by atoms with Gasteiger partial charge < -0.3 is 19.8 Å². The fraction of sp³-hybridized carbons (Fsp3) is 0.333. The molecule has 1 atom stereocenters. The molecule has 0 radical (unpaired) electrons. The highest BCUT2D eigenvalue weighted by Gasteiger charge is 2.20. The summed E-state index contributed by atoms with van der Waals surface area (Å²) in [6.07, 6.45) is 4.05. The summed E-state index contributed by atoms with van der Waals surface area (Å²) in [5, 5.41) is 5.51. The Morgan fingerprint density at radius 1 is 1.20 bits per heavy atom. The molecular weight excluding hydrogens is 340 g/mol. The molecule has 0 fully saturated rings. The summed E-state index contributed by atoms with van der Waals surface area (Å²) < 4.78 is 10.6. The number of hydrogen-bond donors (Lipinski definition) is 2. The predicted molar refractivity (Wildman–Crippen MR) is 97.4 cm³/mol. The zero-order valence-corrected chi connectivity index (χ0v) is 14.9. The van der Waals surface area contributed by atoms with Crippen LogP contribution < -0.4 is 15.4 Å². The fourth-order valence-electron chi connectivity index (χ4n) is 2.12. The highest BCUT2D eigenvalue weighted by atomic mass is 32.2. The molecule has 2 amide bonds. The second kappa shape index (κ2) is 10.5. The van der Waals surface area contributed by atoms with E-state index < -0.39 is 6.04 Å². The van der Waals surface area contributed by atoms with Crippen LogP contribution in [0.1, 0.15) is 12.2 Å². The minimum atomic E-state index is -0.603. The molecule has 0 aliphatic rings. The van der Waals surface area contributed by atoms with Gasteiger partial charge in [-0.3, -0.25) is 9.59 Å². The third-order valence-corrected chi connectivity index (χ3v) is 4.04. The van der Waals surface area contributed by atoms with Crippen molar-refractivity contribution in [1.29, 1.82) is 0 Å². The third-order valence-electron chi connectivity index (χ3n) is 3.39. The van der Waals surface area contributed by atoms with Crippen molar-refractivity contribution in [2.45, 2.75) is 19.0 Å². The van der Waals surface area contributed by atoms with Crippen LogP contribution in [-0.4, -0.2) is 36.5 Å². The van der Waals surface area contributed by atoms with Gasteiger partial charge >= 0.3 is 0 Å². The molecular formula is C18H22N2O4S. The Morgan fingerprint density at radius 2 is 2.00 bits per heavy atom. The van der Waals surface area contributed by atoms with E-state index in [1.165, 1.54) is 0 Å². The smallest absolute Gasteiger partial charge is 0.258 e. The van der Waals surface area contributed by atoms with Crippen LogP contribution in [0.5, 0.6) is 5.75 Å². The Kier molecular flexibility index (Phi) is 7.91. The summed E-state index contributed by atoms with van der Waals surface area (Å²) in [5.74, 6) is 1.47. The van der Waals surface area contributed by atoms with Gasteiger partial charge in [0.1, 0.15) is 17.6 Å². The van der Waals surface area contributed by atoms with E-state index in [4.69, 9.17) is 9.15 Å². The maximum Gasteiger partial charge on any atom is 0.258 e. The molecule has 2 N–H and O–H groups in total. The van der Waals surface area contributed by atoms with Crippen molar-refractivity contribution in [3.63, 3.8) is 0 Å². The predicted octanol–water partition coefficient (Wildman–Crippen LogP) is 2.21. The summed E-state index contributed by atoms with van der Waals surface area (Å²) in [4.78, 5) is 24.4. The van der Waals surface area contributed by atoms with Crippen molar-refractivity contribution in [2.75, 3.05) is 18.6 Å². The Bertz CT molecular complexity index is 646. The van der Waals surface area contributed by atoms with Crippen molar-refractivity contribution in [3.8, 4) is 5.75 Å². The first-order valence-corrected chi connectivity index (χ1v) is 9.34. The average molecular weight is 362 g/mol. The minimum absolute atomic E-state index is 0.134. The third kappa shape index (κ3) is 6.93. The second-order valence-electron chi connectivity index (χ2n) is 5.30. The van der Waals surface area contributed by atoms with Gasteiger partial charge in [-0.05, 0) is 42.7 Å². The molecule has 2 rings (SSSR count). The van der Waals surface area contributed by atoms with Crippen LogP contribution >= 0.6 is 11.8 Å². The van der Waals surface area contributed by atoms with Crippen LogP contribution in [0.25, 0.3) is 0 Å². The Hall–Kier alpha value is -2.41. The molecule has 0 saturated heterocycles. The molecule has 0 aliphatic heterocycles. The molecule has 1 aromatic heterocycles. The second-order valence-corrected chi connectivity index (χ2v) is 6.29. The number of ether oxygens (including phenoxy) is 1. The number of carbonyl (C=O) groups is 2. The summed E-state index contributed by atoms with van der Waals surface area (Å²) >= 11 is 1.62. The number of amides is 2. The van der Waals surface area contributed by atoms with E-state index in [-0.39, 0.29) is 25.0 Å². The van der Waals surface area contributed by atoms with Gasteiger partial charge in [0, 0.05) is 0 Å². The lowest BCUT2D eigenvalue weighted by molar-refractivity contribution is -0.130. The van der Waals surface area contributed by atoms with Crippen molar-refractivity contribution in [2.24, 2.45) is 0 Å². The summed E-state index contributed by atoms with van der Waals surface area (Å²) in [6, 6.07) is 12.0. The monoisotopic (exact) mass is 362 g/mol. The van der Waals surface area contributed by atoms with E-state index in [1.54, 1.807) is 42.3 Å². The molecule has 0 saturated carbocycles. The number of nitrogens with one attached hydrogen (secondary N) is 2. The lowest BCUT2D eigenvalue weighted by Gasteiger charge is -2.18. The largest absolute Gasteiger partial charge is 0.484 e.